The average molecular weight is 328 g/mol. The minimum absolute atomic E-state index is 0.197. The summed E-state index contributed by atoms with van der Waals surface area (Å²) in [6.45, 7) is 2.01. The van der Waals surface area contributed by atoms with Crippen LogP contribution in [0, 0.1) is 12.7 Å². The fourth-order valence-corrected chi connectivity index (χ4v) is 2.39. The van der Waals surface area contributed by atoms with Gasteiger partial charge in [-0.25, -0.2) is 4.39 Å². The summed E-state index contributed by atoms with van der Waals surface area (Å²) in [5.74, 6) is -0.197. The van der Waals surface area contributed by atoms with E-state index in [2.05, 4.69) is 15.9 Å². The van der Waals surface area contributed by atoms with Crippen molar-refractivity contribution < 1.29 is 4.39 Å². The molecule has 0 radical (unpaired) electrons. The number of hydrogen-bond donors (Lipinski definition) is 0. The molecular formula is C15H13BrClF. The Hall–Kier alpha value is -0.860. The summed E-state index contributed by atoms with van der Waals surface area (Å²) in [6.07, 6.45) is 0.495. The number of halogens is 3. The summed E-state index contributed by atoms with van der Waals surface area (Å²) >= 11 is 9.81. The van der Waals surface area contributed by atoms with Crippen LogP contribution in [0.5, 0.6) is 0 Å². The largest absolute Gasteiger partial charge is 0.207 e. The Kier molecular flexibility index (Phi) is 4.41. The lowest BCUT2D eigenvalue weighted by molar-refractivity contribution is 0.607. The molecule has 0 saturated carbocycles. The van der Waals surface area contributed by atoms with Gasteiger partial charge in [0.25, 0.3) is 0 Å². The molecule has 0 saturated heterocycles. The third kappa shape index (κ3) is 3.12. The highest BCUT2D eigenvalue weighted by molar-refractivity contribution is 9.10. The molecule has 0 bridgehead atoms. The second kappa shape index (κ2) is 5.85. The van der Waals surface area contributed by atoms with Crippen LogP contribution in [-0.2, 0) is 6.42 Å². The Bertz CT molecular complexity index is 554. The molecule has 0 spiro atoms. The van der Waals surface area contributed by atoms with Gasteiger partial charge in [-0.3, -0.25) is 0 Å². The number of rotatable bonds is 3. The van der Waals surface area contributed by atoms with Crippen molar-refractivity contribution in [3.05, 3.63) is 69.4 Å². The van der Waals surface area contributed by atoms with Gasteiger partial charge >= 0.3 is 0 Å². The molecule has 2 aromatic carbocycles. The third-order valence-electron chi connectivity index (χ3n) is 2.90. The van der Waals surface area contributed by atoms with Gasteiger partial charge in [0.15, 0.2) is 0 Å². The van der Waals surface area contributed by atoms with Gasteiger partial charge in [0.05, 0.1) is 5.38 Å². The van der Waals surface area contributed by atoms with E-state index >= 15 is 0 Å². The standard InChI is InChI=1S/C15H13BrClF/c1-10-8-11(6-7-13(10)16)14(17)9-12-4-2-3-5-15(12)18/h2-8,14H,9H2,1H3. The molecule has 0 amide bonds. The molecule has 1 atom stereocenters. The number of hydrogen-bond acceptors (Lipinski definition) is 0. The van der Waals surface area contributed by atoms with Gasteiger partial charge in [0.2, 0.25) is 0 Å². The molecule has 0 aliphatic rings. The lowest BCUT2D eigenvalue weighted by atomic mass is 10.0. The topological polar surface area (TPSA) is 0 Å². The molecule has 3 heteroatoms. The molecule has 0 fully saturated rings. The van der Waals surface area contributed by atoms with E-state index in [0.29, 0.717) is 12.0 Å². The van der Waals surface area contributed by atoms with Gasteiger partial charge in [-0.15, -0.1) is 11.6 Å². The molecule has 18 heavy (non-hydrogen) atoms. The first kappa shape index (κ1) is 13.6. The van der Waals surface area contributed by atoms with Crippen LogP contribution >= 0.6 is 27.5 Å². The molecule has 0 aliphatic carbocycles. The molecule has 0 heterocycles. The first-order chi connectivity index (χ1) is 8.58. The fourth-order valence-electron chi connectivity index (χ4n) is 1.84. The Morgan fingerprint density at radius 3 is 2.61 bits per heavy atom. The van der Waals surface area contributed by atoms with Crippen molar-refractivity contribution in [2.45, 2.75) is 18.7 Å². The van der Waals surface area contributed by atoms with E-state index in [9.17, 15) is 4.39 Å². The smallest absolute Gasteiger partial charge is 0.126 e. The van der Waals surface area contributed by atoms with Crippen LogP contribution in [0.1, 0.15) is 22.1 Å². The van der Waals surface area contributed by atoms with Gasteiger partial charge in [0.1, 0.15) is 5.82 Å². The summed E-state index contributed by atoms with van der Waals surface area (Å²) in [7, 11) is 0. The maximum Gasteiger partial charge on any atom is 0.126 e. The Labute approximate surface area is 120 Å². The molecule has 0 aliphatic heterocycles. The second-order valence-electron chi connectivity index (χ2n) is 4.27. The van der Waals surface area contributed by atoms with E-state index in [1.54, 1.807) is 12.1 Å². The van der Waals surface area contributed by atoms with Gasteiger partial charge in [-0.1, -0.05) is 46.3 Å². The van der Waals surface area contributed by atoms with Crippen LogP contribution in [0.4, 0.5) is 4.39 Å². The lowest BCUT2D eigenvalue weighted by Crippen LogP contribution is -1.99. The van der Waals surface area contributed by atoms with E-state index < -0.39 is 0 Å². The second-order valence-corrected chi connectivity index (χ2v) is 5.65. The van der Waals surface area contributed by atoms with Crippen molar-refractivity contribution in [2.75, 3.05) is 0 Å². The highest BCUT2D eigenvalue weighted by atomic mass is 79.9. The summed E-state index contributed by atoms with van der Waals surface area (Å²) < 4.78 is 14.6. The quantitative estimate of drug-likeness (QED) is 0.660. The third-order valence-corrected chi connectivity index (χ3v) is 4.20. The van der Waals surface area contributed by atoms with E-state index in [0.717, 1.165) is 15.6 Å². The summed E-state index contributed by atoms with van der Waals surface area (Å²) in [5.41, 5.74) is 2.80. The van der Waals surface area contributed by atoms with Crippen molar-refractivity contribution in [1.82, 2.24) is 0 Å². The molecular weight excluding hydrogens is 315 g/mol. The monoisotopic (exact) mass is 326 g/mol. The lowest BCUT2D eigenvalue weighted by Gasteiger charge is -2.12. The molecule has 1 unspecified atom stereocenters. The van der Waals surface area contributed by atoms with Gasteiger partial charge < -0.3 is 0 Å². The molecule has 94 valence electrons. The summed E-state index contributed by atoms with van der Waals surface area (Å²) in [6, 6.07) is 12.7. The highest BCUT2D eigenvalue weighted by Crippen LogP contribution is 2.28. The number of benzene rings is 2. The van der Waals surface area contributed by atoms with Crippen LogP contribution in [0.25, 0.3) is 0 Å². The van der Waals surface area contributed by atoms with Crippen molar-refractivity contribution >= 4 is 27.5 Å². The molecule has 2 aromatic rings. The Morgan fingerprint density at radius 1 is 1.22 bits per heavy atom. The maximum atomic E-state index is 13.5. The summed E-state index contributed by atoms with van der Waals surface area (Å²) in [5, 5.41) is -0.214. The molecule has 0 nitrogen and oxygen atoms in total. The predicted molar refractivity (Wildman–Crippen MR) is 77.6 cm³/mol. The fraction of sp³-hybridized carbons (Fsp3) is 0.200. The zero-order valence-corrected chi connectivity index (χ0v) is 12.3. The van der Waals surface area contributed by atoms with Crippen molar-refractivity contribution in [3.8, 4) is 0 Å². The van der Waals surface area contributed by atoms with Gasteiger partial charge in [0, 0.05) is 4.47 Å². The van der Waals surface area contributed by atoms with Crippen LogP contribution in [-0.4, -0.2) is 0 Å². The minimum atomic E-state index is -0.214. The molecule has 2 rings (SSSR count). The predicted octanol–water partition coefficient (Wildman–Crippen LogP) is 5.42. The van der Waals surface area contributed by atoms with Crippen LogP contribution in [0.3, 0.4) is 0 Å². The normalized spacial score (nSPS) is 12.4. The number of alkyl halides is 1. The van der Waals surface area contributed by atoms with Crippen LogP contribution < -0.4 is 0 Å². The first-order valence-corrected chi connectivity index (χ1v) is 6.94. The number of aryl methyl sites for hydroxylation is 1. The van der Waals surface area contributed by atoms with Crippen molar-refractivity contribution in [2.24, 2.45) is 0 Å². The molecule has 0 aromatic heterocycles. The minimum Gasteiger partial charge on any atom is -0.207 e. The summed E-state index contributed by atoms with van der Waals surface area (Å²) in [4.78, 5) is 0. The Morgan fingerprint density at radius 2 is 1.94 bits per heavy atom. The van der Waals surface area contributed by atoms with Crippen LogP contribution in [0.15, 0.2) is 46.9 Å². The van der Waals surface area contributed by atoms with Gasteiger partial charge in [-0.05, 0) is 42.2 Å². The highest BCUT2D eigenvalue weighted by Gasteiger charge is 2.12. The SMILES string of the molecule is Cc1cc(C(Cl)Cc2ccccc2F)ccc1Br. The first-order valence-electron chi connectivity index (χ1n) is 5.71. The van der Waals surface area contributed by atoms with Crippen molar-refractivity contribution in [3.63, 3.8) is 0 Å². The maximum absolute atomic E-state index is 13.5. The van der Waals surface area contributed by atoms with Gasteiger partial charge in [-0.2, -0.15) is 0 Å². The van der Waals surface area contributed by atoms with Crippen molar-refractivity contribution in [1.29, 1.82) is 0 Å². The molecule has 0 N–H and O–H groups in total. The average Bonchev–Trinajstić information content (AvgIpc) is 2.35. The van der Waals surface area contributed by atoms with E-state index in [1.807, 2.05) is 31.2 Å². The zero-order chi connectivity index (χ0) is 13.1. The van der Waals surface area contributed by atoms with E-state index in [1.165, 1.54) is 6.07 Å². The zero-order valence-electron chi connectivity index (χ0n) is 9.96. The van der Waals surface area contributed by atoms with E-state index in [4.69, 9.17) is 11.6 Å². The van der Waals surface area contributed by atoms with Crippen LogP contribution in [0.2, 0.25) is 0 Å². The van der Waals surface area contributed by atoms with E-state index in [-0.39, 0.29) is 11.2 Å². The Balaban J connectivity index is 2.19.